The van der Waals surface area contributed by atoms with E-state index in [4.69, 9.17) is 0 Å². The van der Waals surface area contributed by atoms with Crippen molar-refractivity contribution in [2.45, 2.75) is 58.8 Å². The first-order valence-corrected chi connectivity index (χ1v) is 6.90. The fourth-order valence-corrected chi connectivity index (χ4v) is 2.39. The monoisotopic (exact) mass is 218 g/mol. The van der Waals surface area contributed by atoms with E-state index in [2.05, 4.69) is 44.2 Å². The van der Waals surface area contributed by atoms with Crippen LogP contribution in [0.1, 0.15) is 57.9 Å². The van der Waals surface area contributed by atoms with Crippen LogP contribution in [0.4, 0.5) is 0 Å². The van der Waals surface area contributed by atoms with Crippen LogP contribution in [0.2, 0.25) is 0 Å². The zero-order valence-electron chi connectivity index (χ0n) is 10.9. The third-order valence-corrected chi connectivity index (χ3v) is 3.28. The largest absolute Gasteiger partial charge is 0.0654 e. The first-order chi connectivity index (χ1) is 7.86. The second kappa shape index (κ2) is 8.38. The van der Waals surface area contributed by atoms with Crippen LogP contribution in [0, 0.1) is 5.92 Å². The summed E-state index contributed by atoms with van der Waals surface area (Å²) in [4.78, 5) is 0. The molecule has 0 aliphatic rings. The minimum absolute atomic E-state index is 0.902. The van der Waals surface area contributed by atoms with Gasteiger partial charge in [-0.3, -0.25) is 0 Å². The topological polar surface area (TPSA) is 0 Å². The van der Waals surface area contributed by atoms with Gasteiger partial charge in [0.2, 0.25) is 0 Å². The smallest absolute Gasteiger partial charge is 0.0250 e. The minimum atomic E-state index is 0.902. The van der Waals surface area contributed by atoms with Crippen LogP contribution >= 0.6 is 0 Å². The summed E-state index contributed by atoms with van der Waals surface area (Å²) in [5.41, 5.74) is 1.51. The molecule has 0 fully saturated rings. The van der Waals surface area contributed by atoms with Crippen molar-refractivity contribution in [2.75, 3.05) is 0 Å². The molecule has 1 unspecified atom stereocenters. The molecule has 16 heavy (non-hydrogen) atoms. The van der Waals surface area contributed by atoms with Gasteiger partial charge in [-0.25, -0.2) is 0 Å². The van der Waals surface area contributed by atoms with E-state index in [1.165, 1.54) is 50.5 Å². The molecule has 0 saturated carbocycles. The highest BCUT2D eigenvalue weighted by atomic mass is 14.1. The molecule has 0 heterocycles. The Kier molecular flexibility index (Phi) is 6.96. The maximum atomic E-state index is 2.30. The Morgan fingerprint density at radius 3 is 2.25 bits per heavy atom. The summed E-state index contributed by atoms with van der Waals surface area (Å²) in [7, 11) is 0. The molecule has 0 radical (unpaired) electrons. The Labute approximate surface area is 101 Å². The van der Waals surface area contributed by atoms with Crippen molar-refractivity contribution in [1.82, 2.24) is 0 Å². The molecule has 1 rings (SSSR count). The molecule has 90 valence electrons. The third kappa shape index (κ3) is 5.34. The number of unbranched alkanes of at least 4 members (excludes halogenated alkanes) is 2. The molecular formula is C16H26. The van der Waals surface area contributed by atoms with Crippen LogP contribution in [0.25, 0.3) is 0 Å². The molecule has 1 aromatic carbocycles. The maximum Gasteiger partial charge on any atom is -0.0250 e. The van der Waals surface area contributed by atoms with E-state index in [9.17, 15) is 0 Å². The second-order valence-electron chi connectivity index (χ2n) is 4.84. The van der Waals surface area contributed by atoms with Gasteiger partial charge >= 0.3 is 0 Å². The number of rotatable bonds is 8. The first-order valence-electron chi connectivity index (χ1n) is 6.90. The average Bonchev–Trinajstić information content (AvgIpc) is 2.31. The molecular weight excluding hydrogens is 192 g/mol. The van der Waals surface area contributed by atoms with E-state index in [-0.39, 0.29) is 0 Å². The summed E-state index contributed by atoms with van der Waals surface area (Å²) in [6, 6.07) is 11.0. The van der Waals surface area contributed by atoms with Gasteiger partial charge in [0.15, 0.2) is 0 Å². The van der Waals surface area contributed by atoms with E-state index < -0.39 is 0 Å². The first kappa shape index (κ1) is 13.3. The van der Waals surface area contributed by atoms with Gasteiger partial charge in [-0.15, -0.1) is 0 Å². The number of hydrogen-bond acceptors (Lipinski definition) is 0. The van der Waals surface area contributed by atoms with E-state index >= 15 is 0 Å². The lowest BCUT2D eigenvalue weighted by molar-refractivity contribution is 0.422. The molecule has 1 atom stereocenters. The predicted molar refractivity (Wildman–Crippen MR) is 72.7 cm³/mol. The average molecular weight is 218 g/mol. The zero-order valence-corrected chi connectivity index (χ0v) is 10.9. The van der Waals surface area contributed by atoms with E-state index in [0.29, 0.717) is 0 Å². The normalized spacial score (nSPS) is 12.6. The van der Waals surface area contributed by atoms with Crippen molar-refractivity contribution < 1.29 is 0 Å². The van der Waals surface area contributed by atoms with Crippen molar-refractivity contribution in [3.05, 3.63) is 35.9 Å². The molecule has 0 aliphatic carbocycles. The standard InChI is InChI=1S/C16H26/c1-3-5-7-11-15(10-4-2)14-16-12-8-6-9-13-16/h6,8-9,12-13,15H,3-5,7,10-11,14H2,1-2H3. The Bertz CT molecular complexity index is 250. The summed E-state index contributed by atoms with van der Waals surface area (Å²) in [5, 5.41) is 0. The Balaban J connectivity index is 2.38. The summed E-state index contributed by atoms with van der Waals surface area (Å²) < 4.78 is 0. The van der Waals surface area contributed by atoms with Crippen LogP contribution in [0.15, 0.2) is 30.3 Å². The Morgan fingerprint density at radius 2 is 1.62 bits per heavy atom. The van der Waals surface area contributed by atoms with Crippen LogP contribution in [0.5, 0.6) is 0 Å². The fraction of sp³-hybridized carbons (Fsp3) is 0.625. The maximum absolute atomic E-state index is 2.30. The van der Waals surface area contributed by atoms with Crippen LogP contribution < -0.4 is 0 Å². The molecule has 0 bridgehead atoms. The van der Waals surface area contributed by atoms with Crippen molar-refractivity contribution in [3.8, 4) is 0 Å². The highest BCUT2D eigenvalue weighted by Gasteiger charge is 2.08. The SMILES string of the molecule is CCCCCC(CCC)Cc1ccccc1. The van der Waals surface area contributed by atoms with Crippen molar-refractivity contribution in [1.29, 1.82) is 0 Å². The van der Waals surface area contributed by atoms with Gasteiger partial charge < -0.3 is 0 Å². The Hall–Kier alpha value is -0.780. The quantitative estimate of drug-likeness (QED) is 0.524. The Morgan fingerprint density at radius 1 is 0.875 bits per heavy atom. The lowest BCUT2D eigenvalue weighted by Crippen LogP contribution is -2.04. The molecule has 0 nitrogen and oxygen atoms in total. The van der Waals surface area contributed by atoms with Gasteiger partial charge in [0.1, 0.15) is 0 Å². The van der Waals surface area contributed by atoms with Crippen molar-refractivity contribution >= 4 is 0 Å². The van der Waals surface area contributed by atoms with Crippen LogP contribution in [-0.2, 0) is 6.42 Å². The predicted octanol–water partition coefficient (Wildman–Crippen LogP) is 5.23. The van der Waals surface area contributed by atoms with Crippen LogP contribution in [0.3, 0.4) is 0 Å². The molecule has 0 N–H and O–H groups in total. The summed E-state index contributed by atoms with van der Waals surface area (Å²) in [5.74, 6) is 0.902. The molecule has 0 saturated heterocycles. The van der Waals surface area contributed by atoms with E-state index in [1.807, 2.05) is 0 Å². The molecule has 0 amide bonds. The van der Waals surface area contributed by atoms with Gasteiger partial charge in [-0.2, -0.15) is 0 Å². The minimum Gasteiger partial charge on any atom is -0.0654 e. The van der Waals surface area contributed by atoms with Crippen molar-refractivity contribution in [2.24, 2.45) is 5.92 Å². The van der Waals surface area contributed by atoms with E-state index in [0.717, 1.165) is 5.92 Å². The molecule has 0 aliphatic heterocycles. The van der Waals surface area contributed by atoms with Crippen molar-refractivity contribution in [3.63, 3.8) is 0 Å². The van der Waals surface area contributed by atoms with Gasteiger partial charge in [0.25, 0.3) is 0 Å². The molecule has 1 aromatic rings. The number of benzene rings is 1. The van der Waals surface area contributed by atoms with E-state index in [1.54, 1.807) is 0 Å². The van der Waals surface area contributed by atoms with Gasteiger partial charge in [-0.05, 0) is 17.9 Å². The van der Waals surface area contributed by atoms with Crippen LogP contribution in [-0.4, -0.2) is 0 Å². The lowest BCUT2D eigenvalue weighted by Gasteiger charge is -2.15. The molecule has 0 aromatic heterocycles. The molecule has 0 spiro atoms. The van der Waals surface area contributed by atoms with Gasteiger partial charge in [0, 0.05) is 0 Å². The summed E-state index contributed by atoms with van der Waals surface area (Å²) in [6.45, 7) is 4.59. The highest BCUT2D eigenvalue weighted by molar-refractivity contribution is 5.15. The van der Waals surface area contributed by atoms with Gasteiger partial charge in [0.05, 0.1) is 0 Å². The number of hydrogen-bond donors (Lipinski definition) is 0. The summed E-state index contributed by atoms with van der Waals surface area (Å²) >= 11 is 0. The lowest BCUT2D eigenvalue weighted by atomic mass is 9.90. The molecule has 0 heteroatoms. The highest BCUT2D eigenvalue weighted by Crippen LogP contribution is 2.20. The third-order valence-electron chi connectivity index (χ3n) is 3.28. The zero-order chi connectivity index (χ0) is 11.6. The fourth-order valence-electron chi connectivity index (χ4n) is 2.39. The summed E-state index contributed by atoms with van der Waals surface area (Å²) in [6.07, 6.45) is 9.55. The van der Waals surface area contributed by atoms with Gasteiger partial charge in [-0.1, -0.05) is 82.7 Å². The second-order valence-corrected chi connectivity index (χ2v) is 4.84.